The second-order valence-electron chi connectivity index (χ2n) is 2.71. The Kier molecular flexibility index (Phi) is 9.06. The minimum atomic E-state index is 0.181. The molecule has 0 fully saturated rings. The van der Waals surface area contributed by atoms with E-state index in [0.29, 0.717) is 6.42 Å². The predicted octanol–water partition coefficient (Wildman–Crippen LogP) is 0.189. The Bertz CT molecular complexity index is 133. The van der Waals surface area contributed by atoms with Crippen molar-refractivity contribution in [2.24, 2.45) is 0 Å². The van der Waals surface area contributed by atoms with E-state index in [9.17, 15) is 9.59 Å². The van der Waals surface area contributed by atoms with Crippen molar-refractivity contribution in [3.8, 4) is 0 Å². The summed E-state index contributed by atoms with van der Waals surface area (Å²) in [5.74, 6) is 0.181. The molecule has 0 aliphatic carbocycles. The van der Waals surface area contributed by atoms with Crippen LogP contribution in [0.25, 0.3) is 0 Å². The second-order valence-corrected chi connectivity index (χ2v) is 2.71. The third kappa shape index (κ3) is 11.7. The number of amides is 2. The minimum Gasteiger partial charge on any atom is -0.351 e. The van der Waals surface area contributed by atoms with Gasteiger partial charge in [0.25, 0.3) is 0 Å². The monoisotopic (exact) mass is 174 g/mol. The molecule has 0 aliphatic rings. The van der Waals surface area contributed by atoms with Crippen LogP contribution < -0.4 is 0 Å². The summed E-state index contributed by atoms with van der Waals surface area (Å²) < 4.78 is 0. The summed E-state index contributed by atoms with van der Waals surface area (Å²) in [5, 5.41) is 0. The van der Waals surface area contributed by atoms with Crippen molar-refractivity contribution in [3.05, 3.63) is 0 Å². The summed E-state index contributed by atoms with van der Waals surface area (Å²) in [7, 11) is 6.89. The van der Waals surface area contributed by atoms with Gasteiger partial charge in [-0.15, -0.1) is 0 Å². The van der Waals surface area contributed by atoms with Crippen LogP contribution in [-0.2, 0) is 9.59 Å². The van der Waals surface area contributed by atoms with Crippen LogP contribution in [0.4, 0.5) is 0 Å². The average Bonchev–Trinajstić information content (AvgIpc) is 2.04. The van der Waals surface area contributed by atoms with Crippen LogP contribution in [0.15, 0.2) is 0 Å². The van der Waals surface area contributed by atoms with Crippen LogP contribution in [0.2, 0.25) is 0 Å². The van der Waals surface area contributed by atoms with E-state index in [1.165, 1.54) is 4.90 Å². The predicted molar refractivity (Wildman–Crippen MR) is 48.7 cm³/mol. The van der Waals surface area contributed by atoms with E-state index in [2.05, 4.69) is 0 Å². The molecule has 12 heavy (non-hydrogen) atoms. The standard InChI is InChI=1S/C5H11NO.C3H7NO/c1-4-5(7)6(2)3;1-4(2)3-5/h4H2,1-3H3;3H,1-2H3. The minimum absolute atomic E-state index is 0.181. The van der Waals surface area contributed by atoms with Crippen LogP contribution in [0.5, 0.6) is 0 Å². The lowest BCUT2D eigenvalue weighted by atomic mass is 10.4. The largest absolute Gasteiger partial charge is 0.351 e. The molecule has 0 aliphatic heterocycles. The molecule has 0 aromatic heterocycles. The average molecular weight is 174 g/mol. The fourth-order valence-electron chi connectivity index (χ4n) is 0.316. The van der Waals surface area contributed by atoms with Gasteiger partial charge in [0.05, 0.1) is 0 Å². The SMILES string of the molecule is CCC(=O)N(C)C.CN(C)C=O. The Morgan fingerprint density at radius 1 is 1.25 bits per heavy atom. The van der Waals surface area contributed by atoms with E-state index in [0.717, 1.165) is 6.41 Å². The Morgan fingerprint density at radius 3 is 1.58 bits per heavy atom. The first kappa shape index (κ1) is 13.5. The highest BCUT2D eigenvalue weighted by Gasteiger charge is 1.95. The van der Waals surface area contributed by atoms with Gasteiger partial charge in [-0.2, -0.15) is 0 Å². The van der Waals surface area contributed by atoms with Gasteiger partial charge in [-0.05, 0) is 0 Å². The smallest absolute Gasteiger partial charge is 0.221 e. The van der Waals surface area contributed by atoms with E-state index < -0.39 is 0 Å². The van der Waals surface area contributed by atoms with E-state index >= 15 is 0 Å². The van der Waals surface area contributed by atoms with E-state index in [4.69, 9.17) is 0 Å². The summed E-state index contributed by atoms with van der Waals surface area (Å²) in [6.07, 6.45) is 1.35. The van der Waals surface area contributed by atoms with Crippen LogP contribution in [0, 0.1) is 0 Å². The molecule has 0 saturated carbocycles. The zero-order chi connectivity index (χ0) is 10.1. The van der Waals surface area contributed by atoms with Crippen molar-refractivity contribution < 1.29 is 9.59 Å². The van der Waals surface area contributed by atoms with Crippen LogP contribution in [-0.4, -0.2) is 50.3 Å². The van der Waals surface area contributed by atoms with Gasteiger partial charge in [-0.25, -0.2) is 0 Å². The normalized spacial score (nSPS) is 7.75. The van der Waals surface area contributed by atoms with Gasteiger partial charge in [0.1, 0.15) is 0 Å². The first-order valence-corrected chi connectivity index (χ1v) is 3.77. The summed E-state index contributed by atoms with van der Waals surface area (Å²) >= 11 is 0. The van der Waals surface area contributed by atoms with Crippen molar-refractivity contribution >= 4 is 12.3 Å². The Labute approximate surface area is 74.1 Å². The second kappa shape index (κ2) is 8.04. The van der Waals surface area contributed by atoms with E-state index in [-0.39, 0.29) is 5.91 Å². The molecule has 4 heteroatoms. The van der Waals surface area contributed by atoms with Gasteiger partial charge < -0.3 is 9.80 Å². The van der Waals surface area contributed by atoms with E-state index in [1.807, 2.05) is 6.92 Å². The fraction of sp³-hybridized carbons (Fsp3) is 0.750. The highest BCUT2D eigenvalue weighted by molar-refractivity contribution is 5.75. The van der Waals surface area contributed by atoms with Crippen molar-refractivity contribution in [2.45, 2.75) is 13.3 Å². The zero-order valence-electron chi connectivity index (χ0n) is 8.50. The summed E-state index contributed by atoms with van der Waals surface area (Å²) in [5.41, 5.74) is 0. The van der Waals surface area contributed by atoms with Crippen LogP contribution in [0.1, 0.15) is 13.3 Å². The quantitative estimate of drug-likeness (QED) is 0.561. The molecule has 72 valence electrons. The Hall–Kier alpha value is -1.06. The highest BCUT2D eigenvalue weighted by Crippen LogP contribution is 1.81. The topological polar surface area (TPSA) is 40.6 Å². The van der Waals surface area contributed by atoms with Gasteiger partial charge in [0.15, 0.2) is 0 Å². The molecule has 0 aromatic rings. The molecule has 0 saturated heterocycles. The molecule has 0 radical (unpaired) electrons. The maximum atomic E-state index is 10.4. The molecule has 0 atom stereocenters. The molecule has 0 heterocycles. The first-order valence-electron chi connectivity index (χ1n) is 3.77. The Balaban J connectivity index is 0. The van der Waals surface area contributed by atoms with Gasteiger partial charge in [0, 0.05) is 34.6 Å². The molecule has 4 nitrogen and oxygen atoms in total. The maximum absolute atomic E-state index is 10.4. The number of rotatable bonds is 2. The number of hydrogen-bond acceptors (Lipinski definition) is 2. The first-order chi connectivity index (χ1) is 5.45. The Morgan fingerprint density at radius 2 is 1.58 bits per heavy atom. The highest BCUT2D eigenvalue weighted by atomic mass is 16.2. The lowest BCUT2D eigenvalue weighted by molar-refractivity contribution is -0.128. The maximum Gasteiger partial charge on any atom is 0.221 e. The third-order valence-corrected chi connectivity index (χ3v) is 1.01. The van der Waals surface area contributed by atoms with Crippen molar-refractivity contribution in [1.29, 1.82) is 0 Å². The molecular weight excluding hydrogens is 156 g/mol. The number of nitrogens with zero attached hydrogens (tertiary/aromatic N) is 2. The van der Waals surface area contributed by atoms with Gasteiger partial charge >= 0.3 is 0 Å². The van der Waals surface area contributed by atoms with E-state index in [1.54, 1.807) is 33.1 Å². The number of carbonyl (C=O) groups is 2. The van der Waals surface area contributed by atoms with Crippen LogP contribution in [0.3, 0.4) is 0 Å². The lowest BCUT2D eigenvalue weighted by Gasteiger charge is -2.05. The molecule has 0 unspecified atom stereocenters. The summed E-state index contributed by atoms with van der Waals surface area (Å²) in [6, 6.07) is 0. The van der Waals surface area contributed by atoms with Gasteiger partial charge in [0.2, 0.25) is 12.3 Å². The van der Waals surface area contributed by atoms with Crippen molar-refractivity contribution in [2.75, 3.05) is 28.2 Å². The molecule has 0 aromatic carbocycles. The zero-order valence-corrected chi connectivity index (χ0v) is 8.50. The lowest BCUT2D eigenvalue weighted by Crippen LogP contribution is -2.19. The van der Waals surface area contributed by atoms with Gasteiger partial charge in [-0.1, -0.05) is 6.92 Å². The summed E-state index contributed by atoms with van der Waals surface area (Å²) in [4.78, 5) is 22.9. The molecule has 2 amide bonds. The molecule has 0 bridgehead atoms. The van der Waals surface area contributed by atoms with Crippen molar-refractivity contribution in [1.82, 2.24) is 9.80 Å². The fourth-order valence-corrected chi connectivity index (χ4v) is 0.316. The third-order valence-electron chi connectivity index (χ3n) is 1.01. The van der Waals surface area contributed by atoms with Crippen LogP contribution >= 0.6 is 0 Å². The molecular formula is C8H18N2O2. The molecule has 0 spiro atoms. The number of hydrogen-bond donors (Lipinski definition) is 0. The van der Waals surface area contributed by atoms with Crippen molar-refractivity contribution in [3.63, 3.8) is 0 Å². The summed E-state index contributed by atoms with van der Waals surface area (Å²) in [6.45, 7) is 1.85. The van der Waals surface area contributed by atoms with Gasteiger partial charge in [-0.3, -0.25) is 9.59 Å². The molecule has 0 rings (SSSR count). The molecule has 0 N–H and O–H groups in total. The number of carbonyl (C=O) groups excluding carboxylic acids is 2.